The van der Waals surface area contributed by atoms with Gasteiger partial charge in [-0.15, -0.1) is 0 Å². The molecule has 3 aromatic rings. The van der Waals surface area contributed by atoms with Gasteiger partial charge in [-0.2, -0.15) is 0 Å². The van der Waals surface area contributed by atoms with Crippen LogP contribution >= 0.6 is 11.6 Å². The summed E-state index contributed by atoms with van der Waals surface area (Å²) in [5.41, 5.74) is 2.71. The highest BCUT2D eigenvalue weighted by molar-refractivity contribution is 6.30. The summed E-state index contributed by atoms with van der Waals surface area (Å²) >= 11 is 5.83. The average Bonchev–Trinajstić information content (AvgIpc) is 2.73. The number of ketones is 1. The first-order valence-electron chi connectivity index (χ1n) is 9.24. The van der Waals surface area contributed by atoms with Crippen LogP contribution in [0.25, 0.3) is 0 Å². The Kier molecular flexibility index (Phi) is 6.98. The van der Waals surface area contributed by atoms with Crippen LogP contribution in [0.2, 0.25) is 5.02 Å². The highest BCUT2D eigenvalue weighted by Crippen LogP contribution is 2.23. The summed E-state index contributed by atoms with van der Waals surface area (Å²) in [7, 11) is 0. The molecule has 29 heavy (non-hydrogen) atoms. The highest BCUT2D eigenvalue weighted by atomic mass is 35.5. The van der Waals surface area contributed by atoms with Gasteiger partial charge in [0.25, 0.3) is 0 Å². The molecule has 5 nitrogen and oxygen atoms in total. The van der Waals surface area contributed by atoms with E-state index in [4.69, 9.17) is 16.3 Å². The van der Waals surface area contributed by atoms with Crippen LogP contribution in [0.15, 0.2) is 66.9 Å². The number of aryl methyl sites for hydroxylation is 1. The molecule has 6 heteroatoms. The number of nitrogens with zero attached hydrogens (tertiary/aromatic N) is 1. The van der Waals surface area contributed by atoms with Crippen LogP contribution in [-0.4, -0.2) is 16.7 Å². The number of carbonyl (C=O) groups is 2. The minimum absolute atomic E-state index is 0.0509. The number of amides is 1. The molecule has 0 unspecified atom stereocenters. The van der Waals surface area contributed by atoms with Gasteiger partial charge >= 0.3 is 0 Å². The molecule has 0 saturated heterocycles. The van der Waals surface area contributed by atoms with E-state index in [1.165, 1.54) is 0 Å². The molecular weight excluding hydrogens is 388 g/mol. The molecule has 1 heterocycles. The Balaban J connectivity index is 1.57. The van der Waals surface area contributed by atoms with Crippen LogP contribution in [0.3, 0.4) is 0 Å². The van der Waals surface area contributed by atoms with Gasteiger partial charge in [0, 0.05) is 29.6 Å². The van der Waals surface area contributed by atoms with E-state index in [0.717, 1.165) is 11.1 Å². The fourth-order valence-corrected chi connectivity index (χ4v) is 2.86. The number of benzene rings is 2. The number of pyridine rings is 1. The molecule has 2 aromatic carbocycles. The van der Waals surface area contributed by atoms with Crippen LogP contribution < -0.4 is 10.1 Å². The van der Waals surface area contributed by atoms with Gasteiger partial charge in [0.05, 0.1) is 0 Å². The summed E-state index contributed by atoms with van der Waals surface area (Å²) < 4.78 is 5.85. The molecular formula is C23H21ClN2O3. The lowest BCUT2D eigenvalue weighted by Crippen LogP contribution is -2.15. The second-order valence-electron chi connectivity index (χ2n) is 6.54. The average molecular weight is 409 g/mol. The van der Waals surface area contributed by atoms with Gasteiger partial charge < -0.3 is 10.1 Å². The molecule has 0 saturated carbocycles. The topological polar surface area (TPSA) is 68.3 Å². The van der Waals surface area contributed by atoms with E-state index < -0.39 is 0 Å². The lowest BCUT2D eigenvalue weighted by molar-refractivity contribution is -0.116. The van der Waals surface area contributed by atoms with Crippen molar-refractivity contribution in [1.29, 1.82) is 0 Å². The van der Waals surface area contributed by atoms with E-state index >= 15 is 0 Å². The Morgan fingerprint density at radius 3 is 2.52 bits per heavy atom. The summed E-state index contributed by atoms with van der Waals surface area (Å²) in [4.78, 5) is 28.7. The van der Waals surface area contributed by atoms with Crippen molar-refractivity contribution < 1.29 is 14.3 Å². The SMILES string of the molecule is Cc1ccccc1COc1cccnc1NC(=O)CCC(=O)c1ccc(Cl)cc1. The first-order valence-corrected chi connectivity index (χ1v) is 9.61. The van der Waals surface area contributed by atoms with E-state index in [2.05, 4.69) is 10.3 Å². The van der Waals surface area contributed by atoms with Crippen molar-refractivity contribution >= 4 is 29.1 Å². The third-order valence-corrected chi connectivity index (χ3v) is 4.67. The number of ether oxygens (including phenoxy) is 1. The molecule has 0 fully saturated rings. The molecule has 0 atom stereocenters. The molecule has 0 radical (unpaired) electrons. The third-order valence-electron chi connectivity index (χ3n) is 4.42. The smallest absolute Gasteiger partial charge is 0.226 e. The summed E-state index contributed by atoms with van der Waals surface area (Å²) in [5, 5.41) is 3.29. The van der Waals surface area contributed by atoms with Crippen LogP contribution in [0, 0.1) is 6.92 Å². The molecule has 3 rings (SSSR count). The van der Waals surface area contributed by atoms with Crippen molar-refractivity contribution in [3.05, 3.63) is 88.6 Å². The molecule has 0 aliphatic rings. The number of nitrogens with one attached hydrogen (secondary N) is 1. The van der Waals surface area contributed by atoms with Crippen LogP contribution in [-0.2, 0) is 11.4 Å². The van der Waals surface area contributed by atoms with E-state index in [1.807, 2.05) is 31.2 Å². The fraction of sp³-hybridized carbons (Fsp3) is 0.174. The Hall–Kier alpha value is -3.18. The van der Waals surface area contributed by atoms with Crippen LogP contribution in [0.5, 0.6) is 5.75 Å². The predicted molar refractivity (Wildman–Crippen MR) is 113 cm³/mol. The van der Waals surface area contributed by atoms with Gasteiger partial charge in [0.15, 0.2) is 17.4 Å². The normalized spacial score (nSPS) is 10.4. The number of aromatic nitrogens is 1. The van der Waals surface area contributed by atoms with Crippen LogP contribution in [0.1, 0.15) is 34.3 Å². The zero-order valence-electron chi connectivity index (χ0n) is 16.0. The van der Waals surface area contributed by atoms with E-state index in [0.29, 0.717) is 28.8 Å². The minimum Gasteiger partial charge on any atom is -0.485 e. The number of hydrogen-bond acceptors (Lipinski definition) is 4. The molecule has 1 N–H and O–H groups in total. The monoisotopic (exact) mass is 408 g/mol. The van der Waals surface area contributed by atoms with Gasteiger partial charge in [-0.1, -0.05) is 35.9 Å². The molecule has 0 aliphatic heterocycles. The molecule has 1 amide bonds. The van der Waals surface area contributed by atoms with Crippen molar-refractivity contribution in [2.75, 3.05) is 5.32 Å². The van der Waals surface area contributed by atoms with Gasteiger partial charge in [-0.25, -0.2) is 4.98 Å². The summed E-state index contributed by atoms with van der Waals surface area (Å²) in [6.07, 6.45) is 1.73. The molecule has 0 bridgehead atoms. The lowest BCUT2D eigenvalue weighted by atomic mass is 10.1. The van der Waals surface area contributed by atoms with Crippen molar-refractivity contribution in [2.45, 2.75) is 26.4 Å². The molecule has 148 valence electrons. The largest absolute Gasteiger partial charge is 0.485 e. The Bertz CT molecular complexity index is 1000. The number of rotatable bonds is 8. The standard InChI is InChI=1S/C23H21ClN2O3/c1-16-5-2-3-6-18(16)15-29-21-7-4-14-25-23(21)26-22(28)13-12-20(27)17-8-10-19(24)11-9-17/h2-11,14H,12-13,15H2,1H3,(H,25,26,28). The van der Waals surface area contributed by atoms with Gasteiger partial charge in [0.1, 0.15) is 6.61 Å². The number of anilines is 1. The Morgan fingerprint density at radius 1 is 1.00 bits per heavy atom. The third kappa shape index (κ3) is 5.90. The number of Topliss-reactive ketones (excluding diaryl/α,β-unsaturated/α-hetero) is 1. The van der Waals surface area contributed by atoms with Gasteiger partial charge in [-0.3, -0.25) is 9.59 Å². The molecule has 0 spiro atoms. The fourth-order valence-electron chi connectivity index (χ4n) is 2.73. The number of carbonyl (C=O) groups excluding carboxylic acids is 2. The Labute approximate surface area is 174 Å². The van der Waals surface area contributed by atoms with E-state index in [1.54, 1.807) is 42.6 Å². The van der Waals surface area contributed by atoms with Crippen molar-refractivity contribution in [3.63, 3.8) is 0 Å². The maximum atomic E-state index is 12.3. The van der Waals surface area contributed by atoms with Gasteiger partial charge in [-0.05, 0) is 54.4 Å². The molecule has 1 aromatic heterocycles. The van der Waals surface area contributed by atoms with Crippen LogP contribution in [0.4, 0.5) is 5.82 Å². The van der Waals surface area contributed by atoms with Crippen molar-refractivity contribution in [3.8, 4) is 5.75 Å². The quantitative estimate of drug-likeness (QED) is 0.518. The summed E-state index contributed by atoms with van der Waals surface area (Å²) in [6, 6.07) is 18.0. The number of halogens is 1. The van der Waals surface area contributed by atoms with E-state index in [-0.39, 0.29) is 24.5 Å². The first kappa shape index (κ1) is 20.6. The van der Waals surface area contributed by atoms with Crippen molar-refractivity contribution in [2.24, 2.45) is 0 Å². The van der Waals surface area contributed by atoms with E-state index in [9.17, 15) is 9.59 Å². The maximum absolute atomic E-state index is 12.3. The van der Waals surface area contributed by atoms with Crippen molar-refractivity contribution in [1.82, 2.24) is 4.98 Å². The zero-order chi connectivity index (χ0) is 20.6. The predicted octanol–water partition coefficient (Wildman–Crippen LogP) is 5.22. The lowest BCUT2D eigenvalue weighted by Gasteiger charge is -2.12. The second kappa shape index (κ2) is 9.85. The summed E-state index contributed by atoms with van der Waals surface area (Å²) in [6.45, 7) is 2.39. The molecule has 0 aliphatic carbocycles. The Morgan fingerprint density at radius 2 is 1.76 bits per heavy atom. The maximum Gasteiger partial charge on any atom is 0.226 e. The first-order chi connectivity index (χ1) is 14.0. The minimum atomic E-state index is -0.299. The second-order valence-corrected chi connectivity index (χ2v) is 6.98. The highest BCUT2D eigenvalue weighted by Gasteiger charge is 2.13. The van der Waals surface area contributed by atoms with Gasteiger partial charge in [0.2, 0.25) is 5.91 Å². The zero-order valence-corrected chi connectivity index (χ0v) is 16.8. The summed E-state index contributed by atoms with van der Waals surface area (Å²) in [5.74, 6) is 0.402. The number of hydrogen-bond donors (Lipinski definition) is 1.